The van der Waals surface area contributed by atoms with Crippen molar-refractivity contribution < 1.29 is 14.6 Å². The van der Waals surface area contributed by atoms with Crippen molar-refractivity contribution in [3.05, 3.63) is 95.0 Å². The molecule has 218 valence electrons. The van der Waals surface area contributed by atoms with Crippen LogP contribution in [0, 0.1) is 12.3 Å². The molecule has 3 heterocycles. The van der Waals surface area contributed by atoms with E-state index in [4.69, 9.17) is 4.74 Å². The average Bonchev–Trinajstić information content (AvgIpc) is 3.49. The van der Waals surface area contributed by atoms with Gasteiger partial charge in [-0.3, -0.25) is 9.78 Å². The molecule has 0 fully saturated rings. The number of carboxylic acids is 1. The number of benzene rings is 2. The number of thiazole rings is 1. The van der Waals surface area contributed by atoms with Gasteiger partial charge in [-0.15, -0.1) is 23.1 Å². The van der Waals surface area contributed by atoms with Gasteiger partial charge in [-0.05, 0) is 62.2 Å². The highest BCUT2D eigenvalue weighted by atomic mass is 32.2. The lowest BCUT2D eigenvalue weighted by atomic mass is 9.88. The summed E-state index contributed by atoms with van der Waals surface area (Å²) in [5.74, 6) is -0.0519. The number of rotatable bonds is 10. The van der Waals surface area contributed by atoms with Gasteiger partial charge in [-0.2, -0.15) is 0 Å². The van der Waals surface area contributed by atoms with Gasteiger partial charge in [0.05, 0.1) is 21.0 Å². The van der Waals surface area contributed by atoms with Crippen LogP contribution in [0.4, 0.5) is 0 Å². The summed E-state index contributed by atoms with van der Waals surface area (Å²) in [4.78, 5) is 23.3. The third-order valence-corrected chi connectivity index (χ3v) is 9.24. The maximum atomic E-state index is 12.3. The number of aryl methyl sites for hydroxylation is 1. The van der Waals surface area contributed by atoms with Gasteiger partial charge in [-0.25, -0.2) is 4.98 Å². The standard InChI is InChI=1S/C34H37N3O3S2/c1-22-36-19-30(41-22)24-12-10-23(11-13-24)20-37-28-15-14-26(40-21-25-9-7-8-16-35-25)17-27(28)31(42-33(2,3)4)29(37)18-34(5,6)32(38)39/h7-17,19H,18,20-21H2,1-6H3,(H,38,39). The molecule has 0 radical (unpaired) electrons. The minimum absolute atomic E-state index is 0.0828. The van der Waals surface area contributed by atoms with Crippen molar-refractivity contribution in [3.8, 4) is 16.2 Å². The van der Waals surface area contributed by atoms with Crippen LogP contribution in [0.3, 0.4) is 0 Å². The Morgan fingerprint density at radius 3 is 2.40 bits per heavy atom. The van der Waals surface area contributed by atoms with Crippen molar-refractivity contribution in [3.63, 3.8) is 0 Å². The van der Waals surface area contributed by atoms with Gasteiger partial charge >= 0.3 is 5.97 Å². The van der Waals surface area contributed by atoms with E-state index in [2.05, 4.69) is 71.7 Å². The Kier molecular flexibility index (Phi) is 8.49. The fourth-order valence-electron chi connectivity index (χ4n) is 4.81. The Balaban J connectivity index is 1.59. The highest BCUT2D eigenvalue weighted by molar-refractivity contribution is 8.00. The zero-order valence-corrected chi connectivity index (χ0v) is 26.6. The van der Waals surface area contributed by atoms with Crippen LogP contribution < -0.4 is 4.74 Å². The first-order valence-electron chi connectivity index (χ1n) is 14.0. The van der Waals surface area contributed by atoms with Crippen LogP contribution in [-0.2, 0) is 24.4 Å². The molecule has 0 amide bonds. The maximum Gasteiger partial charge on any atom is 0.309 e. The molecule has 42 heavy (non-hydrogen) atoms. The molecule has 0 saturated carbocycles. The van der Waals surface area contributed by atoms with Gasteiger partial charge in [0.15, 0.2) is 0 Å². The van der Waals surface area contributed by atoms with Gasteiger partial charge in [0.1, 0.15) is 12.4 Å². The van der Waals surface area contributed by atoms with E-state index >= 15 is 0 Å². The van der Waals surface area contributed by atoms with E-state index in [0.29, 0.717) is 19.6 Å². The summed E-state index contributed by atoms with van der Waals surface area (Å²) in [6.45, 7) is 13.2. The number of nitrogens with zero attached hydrogens (tertiary/aromatic N) is 3. The SMILES string of the molecule is Cc1ncc(-c2ccc(Cn3c(CC(C)(C)C(=O)O)c(SC(C)(C)C)c4cc(OCc5ccccn5)ccc43)cc2)s1. The summed E-state index contributed by atoms with van der Waals surface area (Å²) in [5, 5.41) is 12.2. The molecule has 0 aliphatic rings. The number of carbonyl (C=O) groups is 1. The van der Waals surface area contributed by atoms with Crippen molar-refractivity contribution in [2.24, 2.45) is 5.41 Å². The normalized spacial score (nSPS) is 12.1. The molecule has 0 spiro atoms. The monoisotopic (exact) mass is 599 g/mol. The molecule has 0 saturated heterocycles. The predicted molar refractivity (Wildman–Crippen MR) is 173 cm³/mol. The molecule has 0 aliphatic heterocycles. The molecule has 3 aromatic heterocycles. The maximum absolute atomic E-state index is 12.3. The molecule has 6 nitrogen and oxygen atoms in total. The number of hydrogen-bond acceptors (Lipinski definition) is 6. The third-order valence-electron chi connectivity index (χ3n) is 7.00. The second-order valence-electron chi connectivity index (χ2n) is 12.2. The number of pyridine rings is 1. The first-order valence-corrected chi connectivity index (χ1v) is 15.6. The van der Waals surface area contributed by atoms with Crippen LogP contribution in [0.25, 0.3) is 21.3 Å². The number of hydrogen-bond donors (Lipinski definition) is 1. The highest BCUT2D eigenvalue weighted by Crippen LogP contribution is 2.44. The Hall–Kier alpha value is -3.62. The molecule has 2 aromatic carbocycles. The second-order valence-corrected chi connectivity index (χ2v) is 15.2. The fraction of sp³-hybridized carbons (Fsp3) is 0.324. The van der Waals surface area contributed by atoms with E-state index in [1.165, 1.54) is 0 Å². The molecule has 0 aliphatic carbocycles. The van der Waals surface area contributed by atoms with E-state index in [0.717, 1.165) is 53.9 Å². The zero-order chi connectivity index (χ0) is 30.1. The van der Waals surface area contributed by atoms with E-state index in [9.17, 15) is 9.90 Å². The smallest absolute Gasteiger partial charge is 0.309 e. The van der Waals surface area contributed by atoms with Crippen LogP contribution in [0.2, 0.25) is 0 Å². The molecular weight excluding hydrogens is 563 g/mol. The largest absolute Gasteiger partial charge is 0.487 e. The number of aromatic nitrogens is 3. The number of ether oxygens (including phenoxy) is 1. The van der Waals surface area contributed by atoms with Crippen molar-refractivity contribution in [2.75, 3.05) is 0 Å². The summed E-state index contributed by atoms with van der Waals surface area (Å²) in [6, 6.07) is 20.6. The van der Waals surface area contributed by atoms with Crippen molar-refractivity contribution in [2.45, 2.75) is 70.8 Å². The van der Waals surface area contributed by atoms with Gasteiger partial charge in [-0.1, -0.05) is 51.1 Å². The van der Waals surface area contributed by atoms with Crippen molar-refractivity contribution in [1.29, 1.82) is 0 Å². The van der Waals surface area contributed by atoms with Gasteiger partial charge in [0, 0.05) is 51.6 Å². The van der Waals surface area contributed by atoms with Crippen LogP contribution in [0.5, 0.6) is 5.75 Å². The minimum atomic E-state index is -0.939. The first-order chi connectivity index (χ1) is 19.9. The number of thioether (sulfide) groups is 1. The van der Waals surface area contributed by atoms with Crippen LogP contribution in [-0.4, -0.2) is 30.4 Å². The van der Waals surface area contributed by atoms with E-state index in [1.807, 2.05) is 37.4 Å². The summed E-state index contributed by atoms with van der Waals surface area (Å²) < 4.78 is 8.38. The summed E-state index contributed by atoms with van der Waals surface area (Å²) in [6.07, 6.45) is 4.09. The molecule has 0 bridgehead atoms. The highest BCUT2D eigenvalue weighted by Gasteiger charge is 2.33. The van der Waals surface area contributed by atoms with E-state index in [-0.39, 0.29) is 4.75 Å². The Morgan fingerprint density at radius 2 is 1.79 bits per heavy atom. The lowest BCUT2D eigenvalue weighted by Crippen LogP contribution is -2.28. The fourth-order valence-corrected chi connectivity index (χ4v) is 6.78. The lowest BCUT2D eigenvalue weighted by molar-refractivity contribution is -0.146. The summed E-state index contributed by atoms with van der Waals surface area (Å²) >= 11 is 3.46. The number of carboxylic acid groups (broad SMARTS) is 1. The summed E-state index contributed by atoms with van der Waals surface area (Å²) in [5.41, 5.74) is 4.31. The Bertz CT molecular complexity index is 1700. The number of fused-ring (bicyclic) bond motifs is 1. The Labute approximate surface area is 255 Å². The predicted octanol–water partition coefficient (Wildman–Crippen LogP) is 8.64. The van der Waals surface area contributed by atoms with Gasteiger partial charge in [0.25, 0.3) is 0 Å². The minimum Gasteiger partial charge on any atom is -0.487 e. The van der Waals surface area contributed by atoms with Crippen LogP contribution in [0.15, 0.2) is 78.0 Å². The Morgan fingerprint density at radius 1 is 1.02 bits per heavy atom. The average molecular weight is 600 g/mol. The molecule has 1 N–H and O–H groups in total. The lowest BCUT2D eigenvalue weighted by Gasteiger charge is -2.24. The van der Waals surface area contributed by atoms with Crippen LogP contribution in [0.1, 0.15) is 56.6 Å². The topological polar surface area (TPSA) is 77.2 Å². The summed E-state index contributed by atoms with van der Waals surface area (Å²) in [7, 11) is 0. The molecule has 5 rings (SSSR count). The molecule has 5 aromatic rings. The van der Waals surface area contributed by atoms with E-state index < -0.39 is 11.4 Å². The van der Waals surface area contributed by atoms with Crippen molar-refractivity contribution >= 4 is 40.0 Å². The van der Waals surface area contributed by atoms with E-state index in [1.54, 1.807) is 43.1 Å². The molecule has 0 unspecified atom stereocenters. The number of aliphatic carboxylic acids is 1. The van der Waals surface area contributed by atoms with Crippen LogP contribution >= 0.6 is 23.1 Å². The zero-order valence-electron chi connectivity index (χ0n) is 25.0. The van der Waals surface area contributed by atoms with Gasteiger partial charge in [0.2, 0.25) is 0 Å². The second kappa shape index (κ2) is 11.9. The van der Waals surface area contributed by atoms with Crippen molar-refractivity contribution in [1.82, 2.24) is 14.5 Å². The quantitative estimate of drug-likeness (QED) is 0.162. The van der Waals surface area contributed by atoms with Gasteiger partial charge < -0.3 is 14.4 Å². The third kappa shape index (κ3) is 6.88. The first kappa shape index (κ1) is 29.9. The molecular formula is C34H37N3O3S2. The molecule has 0 atom stereocenters. The molecule has 8 heteroatoms.